The number of carbonyl (C=O) groups excluding carboxylic acids is 1. The maximum Gasteiger partial charge on any atom is 0.471 e. The second-order valence-electron chi connectivity index (χ2n) is 3.60. The van der Waals surface area contributed by atoms with Gasteiger partial charge >= 0.3 is 45.4 Å². The molecule has 4 nitrogen and oxygen atoms in total. The summed E-state index contributed by atoms with van der Waals surface area (Å²) in [5.74, 6) is -18.5. The van der Waals surface area contributed by atoms with E-state index in [4.69, 9.17) is 0 Å². The van der Waals surface area contributed by atoms with E-state index in [2.05, 4.69) is 0 Å². The molecule has 0 aliphatic rings. The fraction of sp³-hybridized carbons (Fsp3) is 0.833. The van der Waals surface area contributed by atoms with Gasteiger partial charge in [-0.3, -0.25) is 4.79 Å². The summed E-state index contributed by atoms with van der Waals surface area (Å²) in [5.41, 5.74) is 0. The van der Waals surface area contributed by atoms with Gasteiger partial charge in [0, 0.05) is 0 Å². The molecule has 1 amide bonds. The molecule has 0 aliphatic heterocycles. The molecule has 0 aliphatic carbocycles. The maximum absolute atomic E-state index is 12.6. The lowest BCUT2D eigenvalue weighted by Crippen LogP contribution is -2.62. The number of amides is 1. The molecule has 0 saturated carbocycles. The minimum Gasteiger partial charge on any atom is -0.267 e. The maximum atomic E-state index is 12.6. The number of hydrogen-bond acceptors (Lipinski definition) is 3. The van der Waals surface area contributed by atoms with E-state index in [0.29, 0.717) is 0 Å². The van der Waals surface area contributed by atoms with Crippen molar-refractivity contribution in [3.63, 3.8) is 0 Å². The zero-order valence-corrected chi connectivity index (χ0v) is 10.5. The van der Waals surface area contributed by atoms with E-state index in [1.54, 1.807) is 0 Å². The highest BCUT2D eigenvalue weighted by Gasteiger charge is 2.77. The normalized spacial score (nSPS) is 15.5. The van der Waals surface area contributed by atoms with Crippen molar-refractivity contribution in [2.24, 2.45) is 0 Å². The van der Waals surface area contributed by atoms with E-state index < -0.39 is 50.1 Å². The van der Waals surface area contributed by atoms with Crippen molar-refractivity contribution in [1.29, 1.82) is 0 Å². The zero-order valence-electron chi connectivity index (χ0n) is 9.67. The Morgan fingerprint density at radius 2 is 1.04 bits per heavy atom. The standard InChI is InChI=1S/C6HF12NO3S/c7-2(8,3(9,10)4(11,12)13)1(20)19-23(21,22)6(17,18)5(14,15)16/h(H,19,20). The number of sulfonamides is 1. The number of hydrogen-bond donors (Lipinski definition) is 1. The molecule has 0 aromatic carbocycles. The molecule has 1 N–H and O–H groups in total. The number of rotatable bonds is 4. The molecular weight excluding hydrogens is 394 g/mol. The van der Waals surface area contributed by atoms with Crippen LogP contribution in [0.25, 0.3) is 0 Å². The van der Waals surface area contributed by atoms with Crippen LogP contribution in [-0.4, -0.2) is 43.8 Å². The van der Waals surface area contributed by atoms with Gasteiger partial charge in [0.2, 0.25) is 0 Å². The van der Waals surface area contributed by atoms with Crippen molar-refractivity contribution in [2.45, 2.75) is 29.5 Å². The smallest absolute Gasteiger partial charge is 0.267 e. The van der Waals surface area contributed by atoms with Gasteiger partial charge in [0.05, 0.1) is 0 Å². The van der Waals surface area contributed by atoms with Gasteiger partial charge in [0.25, 0.3) is 0 Å². The van der Waals surface area contributed by atoms with Gasteiger partial charge in [-0.1, -0.05) is 0 Å². The van der Waals surface area contributed by atoms with Crippen LogP contribution in [0.15, 0.2) is 0 Å². The molecule has 138 valence electrons. The molecule has 0 aromatic heterocycles. The third kappa shape index (κ3) is 3.42. The van der Waals surface area contributed by atoms with Crippen molar-refractivity contribution < 1.29 is 65.9 Å². The van der Waals surface area contributed by atoms with Gasteiger partial charge in [-0.05, 0) is 0 Å². The van der Waals surface area contributed by atoms with Gasteiger partial charge in [-0.15, -0.1) is 0 Å². The molecule has 0 spiro atoms. The molecule has 0 fully saturated rings. The molecule has 17 heteroatoms. The summed E-state index contributed by atoms with van der Waals surface area (Å²) in [4.78, 5) is 10.4. The molecular formula is C6HF12NO3S. The zero-order chi connectivity index (χ0) is 19.3. The van der Waals surface area contributed by atoms with E-state index in [9.17, 15) is 65.9 Å². The molecule has 0 rings (SSSR count). The largest absolute Gasteiger partial charge is 0.471 e. The average Bonchev–Trinajstić information content (AvgIpc) is 2.24. The van der Waals surface area contributed by atoms with Crippen LogP contribution in [0.2, 0.25) is 0 Å². The number of nitrogens with one attached hydrogen (secondary N) is 1. The van der Waals surface area contributed by atoms with Crippen LogP contribution >= 0.6 is 0 Å². The van der Waals surface area contributed by atoms with Crippen LogP contribution in [0, 0.1) is 0 Å². The minimum absolute atomic E-state index is 0.845. The lowest BCUT2D eigenvalue weighted by molar-refractivity contribution is -0.343. The summed E-state index contributed by atoms with van der Waals surface area (Å²) in [7, 11) is -7.44. The van der Waals surface area contributed by atoms with Crippen molar-refractivity contribution in [1.82, 2.24) is 4.72 Å². The Labute approximate surface area is 117 Å². The summed E-state index contributed by atoms with van der Waals surface area (Å²) in [6, 6.07) is 0. The van der Waals surface area contributed by atoms with Crippen molar-refractivity contribution in [2.75, 3.05) is 0 Å². The Hall–Kier alpha value is -1.42. The Morgan fingerprint density at radius 1 is 0.696 bits per heavy atom. The van der Waals surface area contributed by atoms with E-state index in [0.717, 1.165) is 0 Å². The average molecular weight is 395 g/mol. The minimum atomic E-state index is -7.44. The lowest BCUT2D eigenvalue weighted by atomic mass is 10.1. The predicted octanol–water partition coefficient (Wildman–Crippen LogP) is 2.42. The van der Waals surface area contributed by atoms with Crippen LogP contribution in [-0.2, 0) is 14.8 Å². The van der Waals surface area contributed by atoms with E-state index in [1.807, 2.05) is 0 Å². The topological polar surface area (TPSA) is 63.2 Å². The first kappa shape index (κ1) is 21.6. The van der Waals surface area contributed by atoms with Crippen LogP contribution in [0.4, 0.5) is 52.7 Å². The number of halogens is 12. The summed E-state index contributed by atoms with van der Waals surface area (Å²) in [5, 5.41) is -6.93. The first-order valence-corrected chi connectivity index (χ1v) is 5.95. The highest BCUT2D eigenvalue weighted by Crippen LogP contribution is 2.47. The lowest BCUT2D eigenvalue weighted by Gasteiger charge is -2.27. The third-order valence-electron chi connectivity index (χ3n) is 1.93. The van der Waals surface area contributed by atoms with Gasteiger partial charge in [-0.2, -0.15) is 61.1 Å². The molecule has 0 saturated heterocycles. The summed E-state index contributed by atoms with van der Waals surface area (Å²) in [6.07, 6.45) is -14.1. The molecule has 0 heterocycles. The molecule has 0 atom stereocenters. The first-order chi connectivity index (χ1) is 9.63. The van der Waals surface area contributed by atoms with E-state index >= 15 is 0 Å². The Bertz CT molecular complexity index is 573. The van der Waals surface area contributed by atoms with Crippen LogP contribution < -0.4 is 4.72 Å². The Balaban J connectivity index is 5.78. The summed E-state index contributed by atoms with van der Waals surface area (Å²) >= 11 is 0. The molecule has 0 bridgehead atoms. The summed E-state index contributed by atoms with van der Waals surface area (Å²) in [6.45, 7) is 0. The molecule has 0 unspecified atom stereocenters. The first-order valence-electron chi connectivity index (χ1n) is 4.46. The highest BCUT2D eigenvalue weighted by atomic mass is 32.2. The Morgan fingerprint density at radius 3 is 1.30 bits per heavy atom. The second-order valence-corrected chi connectivity index (χ2v) is 5.32. The monoisotopic (exact) mass is 395 g/mol. The van der Waals surface area contributed by atoms with Gasteiger partial charge in [-0.25, -0.2) is 4.72 Å². The van der Waals surface area contributed by atoms with Crippen LogP contribution in [0.3, 0.4) is 0 Å². The SMILES string of the molecule is O=C(NS(=O)(=O)C(F)(F)C(F)(F)F)C(F)(F)C(F)(F)C(F)(F)F. The van der Waals surface area contributed by atoms with E-state index in [-0.39, 0.29) is 0 Å². The van der Waals surface area contributed by atoms with Crippen LogP contribution in [0.1, 0.15) is 0 Å². The highest BCUT2D eigenvalue weighted by molar-refractivity contribution is 7.91. The summed E-state index contributed by atoms with van der Waals surface area (Å²) < 4.78 is 165. The molecule has 23 heavy (non-hydrogen) atoms. The van der Waals surface area contributed by atoms with Gasteiger partial charge in [0.15, 0.2) is 0 Å². The van der Waals surface area contributed by atoms with Gasteiger partial charge in [0.1, 0.15) is 0 Å². The van der Waals surface area contributed by atoms with Crippen molar-refractivity contribution >= 4 is 15.9 Å². The molecule has 0 radical (unpaired) electrons. The van der Waals surface area contributed by atoms with Crippen molar-refractivity contribution in [3.05, 3.63) is 0 Å². The number of alkyl halides is 12. The quantitative estimate of drug-likeness (QED) is 0.744. The van der Waals surface area contributed by atoms with E-state index in [1.165, 1.54) is 0 Å². The van der Waals surface area contributed by atoms with Gasteiger partial charge < -0.3 is 0 Å². The van der Waals surface area contributed by atoms with Crippen molar-refractivity contribution in [3.8, 4) is 0 Å². The fourth-order valence-electron chi connectivity index (χ4n) is 0.723. The molecule has 0 aromatic rings. The van der Waals surface area contributed by atoms with Crippen LogP contribution in [0.5, 0.6) is 0 Å². The Kier molecular flexibility index (Phi) is 4.97. The fourth-order valence-corrected chi connectivity index (χ4v) is 1.53. The number of carbonyl (C=O) groups is 1. The predicted molar refractivity (Wildman–Crippen MR) is 44.0 cm³/mol. The second kappa shape index (κ2) is 5.30. The third-order valence-corrected chi connectivity index (χ3v) is 3.29.